The second kappa shape index (κ2) is 12.7. The number of hydrogen-bond acceptors (Lipinski definition) is 2. The molecule has 0 radical (unpaired) electrons. The van der Waals surface area contributed by atoms with Crippen molar-refractivity contribution in [2.45, 2.75) is 0 Å². The Labute approximate surface area is 314 Å². The molecular formula is C48H31BrN2S. The number of halogens is 1. The SMILES string of the molecule is Brc1ccc(-c2ccccc2N(c2ccccc2)c2ccc3c4c5sc6ccccc6c5ccc4n(-c4ccc(-c5ccccc5)cc4)c3c2)cc1. The fraction of sp³-hybridized carbons (Fsp3) is 0. The van der Waals surface area contributed by atoms with E-state index in [0.717, 1.165) is 27.2 Å². The lowest BCUT2D eigenvalue weighted by molar-refractivity contribution is 1.18. The fourth-order valence-electron chi connectivity index (χ4n) is 7.67. The van der Waals surface area contributed by atoms with E-state index in [4.69, 9.17) is 0 Å². The molecule has 0 unspecified atom stereocenters. The molecule has 10 rings (SSSR count). The molecule has 0 atom stereocenters. The van der Waals surface area contributed by atoms with Crippen molar-refractivity contribution in [1.29, 1.82) is 0 Å². The van der Waals surface area contributed by atoms with Gasteiger partial charge in [0, 0.05) is 58.0 Å². The van der Waals surface area contributed by atoms with Gasteiger partial charge in [0.25, 0.3) is 0 Å². The molecule has 10 aromatic rings. The van der Waals surface area contributed by atoms with Crippen molar-refractivity contribution in [1.82, 2.24) is 4.57 Å². The van der Waals surface area contributed by atoms with E-state index in [0.29, 0.717) is 0 Å². The topological polar surface area (TPSA) is 8.17 Å². The number of hydrogen-bond donors (Lipinski definition) is 0. The first-order valence-corrected chi connectivity index (χ1v) is 19.1. The van der Waals surface area contributed by atoms with E-state index in [-0.39, 0.29) is 0 Å². The van der Waals surface area contributed by atoms with E-state index in [1.165, 1.54) is 64.2 Å². The van der Waals surface area contributed by atoms with Crippen LogP contribution in [-0.2, 0) is 0 Å². The molecule has 0 bridgehead atoms. The first-order valence-electron chi connectivity index (χ1n) is 17.5. The van der Waals surface area contributed by atoms with Crippen molar-refractivity contribution in [2.75, 3.05) is 4.90 Å². The molecule has 0 saturated heterocycles. The van der Waals surface area contributed by atoms with Crippen LogP contribution in [0.4, 0.5) is 17.1 Å². The monoisotopic (exact) mass is 746 g/mol. The summed E-state index contributed by atoms with van der Waals surface area (Å²) >= 11 is 5.52. The van der Waals surface area contributed by atoms with Crippen molar-refractivity contribution in [3.63, 3.8) is 0 Å². The van der Waals surface area contributed by atoms with Gasteiger partial charge in [0.2, 0.25) is 0 Å². The van der Waals surface area contributed by atoms with E-state index in [1.54, 1.807) is 0 Å². The molecule has 4 heteroatoms. The van der Waals surface area contributed by atoms with E-state index in [9.17, 15) is 0 Å². The number of anilines is 3. The first-order chi connectivity index (χ1) is 25.7. The smallest absolute Gasteiger partial charge is 0.0562 e. The van der Waals surface area contributed by atoms with Gasteiger partial charge in [-0.2, -0.15) is 0 Å². The van der Waals surface area contributed by atoms with Gasteiger partial charge in [-0.25, -0.2) is 0 Å². The average Bonchev–Trinajstić information content (AvgIpc) is 3.75. The van der Waals surface area contributed by atoms with E-state index in [1.807, 2.05) is 11.3 Å². The summed E-state index contributed by atoms with van der Waals surface area (Å²) in [7, 11) is 0. The third kappa shape index (κ3) is 5.14. The maximum Gasteiger partial charge on any atom is 0.0562 e. The Morgan fingerprint density at radius 1 is 0.462 bits per heavy atom. The Morgan fingerprint density at radius 2 is 1.12 bits per heavy atom. The predicted molar refractivity (Wildman–Crippen MR) is 227 cm³/mol. The zero-order valence-corrected chi connectivity index (χ0v) is 30.5. The molecule has 0 amide bonds. The lowest BCUT2D eigenvalue weighted by Crippen LogP contribution is -2.11. The highest BCUT2D eigenvalue weighted by atomic mass is 79.9. The number of aromatic nitrogens is 1. The van der Waals surface area contributed by atoms with Gasteiger partial charge in [-0.1, -0.05) is 137 Å². The Morgan fingerprint density at radius 3 is 1.92 bits per heavy atom. The van der Waals surface area contributed by atoms with Crippen LogP contribution in [0.2, 0.25) is 0 Å². The molecule has 2 aromatic heterocycles. The molecule has 0 aliphatic heterocycles. The van der Waals surface area contributed by atoms with Crippen molar-refractivity contribution < 1.29 is 0 Å². The van der Waals surface area contributed by atoms with Crippen LogP contribution >= 0.6 is 27.3 Å². The summed E-state index contributed by atoms with van der Waals surface area (Å²) in [6, 6.07) is 68.1. The molecule has 0 aliphatic carbocycles. The summed E-state index contributed by atoms with van der Waals surface area (Å²) in [5.41, 5.74) is 11.6. The Kier molecular flexibility index (Phi) is 7.52. The molecule has 2 nitrogen and oxygen atoms in total. The van der Waals surface area contributed by atoms with E-state index in [2.05, 4.69) is 213 Å². The summed E-state index contributed by atoms with van der Waals surface area (Å²) in [6.45, 7) is 0. The standard InChI is InChI=1S/C48H31BrN2S/c49-35-23-19-34(20-24-35)39-15-7-9-17-43(39)50(36-13-5-2-6-14-36)38-27-28-42-45(31-38)51(37-25-21-33(22-26-37)32-11-3-1-4-12-32)44-30-29-41-40-16-8-10-18-46(40)52-48(41)47(42)44/h1-31H. The van der Waals surface area contributed by atoms with Crippen LogP contribution in [0, 0.1) is 0 Å². The van der Waals surface area contributed by atoms with Gasteiger partial charge in [0.1, 0.15) is 0 Å². The van der Waals surface area contributed by atoms with Gasteiger partial charge in [0.15, 0.2) is 0 Å². The lowest BCUT2D eigenvalue weighted by atomic mass is 10.0. The summed E-state index contributed by atoms with van der Waals surface area (Å²) in [5, 5.41) is 5.17. The summed E-state index contributed by atoms with van der Waals surface area (Å²) < 4.78 is 6.17. The lowest BCUT2D eigenvalue weighted by Gasteiger charge is -2.28. The van der Waals surface area contributed by atoms with Crippen LogP contribution in [0.25, 0.3) is 69.9 Å². The van der Waals surface area contributed by atoms with Gasteiger partial charge < -0.3 is 9.47 Å². The quantitative estimate of drug-likeness (QED) is 0.164. The molecule has 0 spiro atoms. The molecule has 8 aromatic carbocycles. The molecule has 52 heavy (non-hydrogen) atoms. The Hall–Kier alpha value is -5.94. The van der Waals surface area contributed by atoms with Gasteiger partial charge in [-0.05, 0) is 83.4 Å². The minimum Gasteiger partial charge on any atom is -0.310 e. The number of thiophene rings is 1. The number of fused-ring (bicyclic) bond motifs is 7. The first kappa shape index (κ1) is 30.8. The molecule has 0 aliphatic rings. The fourth-order valence-corrected chi connectivity index (χ4v) is 9.19. The zero-order chi connectivity index (χ0) is 34.6. The molecular weight excluding hydrogens is 717 g/mol. The highest BCUT2D eigenvalue weighted by Crippen LogP contribution is 2.46. The highest BCUT2D eigenvalue weighted by Gasteiger charge is 2.22. The van der Waals surface area contributed by atoms with Crippen molar-refractivity contribution in [3.05, 3.63) is 193 Å². The van der Waals surface area contributed by atoms with Crippen LogP contribution in [0.5, 0.6) is 0 Å². The van der Waals surface area contributed by atoms with Crippen LogP contribution in [0.1, 0.15) is 0 Å². The summed E-state index contributed by atoms with van der Waals surface area (Å²) in [5.74, 6) is 0. The average molecular weight is 748 g/mol. The van der Waals surface area contributed by atoms with E-state index < -0.39 is 0 Å². The summed E-state index contributed by atoms with van der Waals surface area (Å²) in [6.07, 6.45) is 0. The molecule has 0 saturated carbocycles. The Balaban J connectivity index is 1.24. The maximum absolute atomic E-state index is 3.63. The Bertz CT molecular complexity index is 2890. The van der Waals surface area contributed by atoms with Crippen molar-refractivity contribution in [2.24, 2.45) is 0 Å². The third-order valence-electron chi connectivity index (χ3n) is 10.1. The van der Waals surface area contributed by atoms with Gasteiger partial charge in [-0.3, -0.25) is 0 Å². The molecule has 2 heterocycles. The minimum atomic E-state index is 1.07. The van der Waals surface area contributed by atoms with E-state index >= 15 is 0 Å². The summed E-state index contributed by atoms with van der Waals surface area (Å²) in [4.78, 5) is 2.40. The maximum atomic E-state index is 3.63. The second-order valence-corrected chi connectivity index (χ2v) is 15.0. The van der Waals surface area contributed by atoms with Gasteiger partial charge in [-0.15, -0.1) is 11.3 Å². The number of para-hydroxylation sites is 2. The van der Waals surface area contributed by atoms with Crippen LogP contribution in [0.15, 0.2) is 193 Å². The number of benzene rings is 8. The predicted octanol–water partition coefficient (Wildman–Crippen LogP) is 14.7. The highest BCUT2D eigenvalue weighted by molar-refractivity contribution is 9.10. The van der Waals surface area contributed by atoms with Crippen LogP contribution in [-0.4, -0.2) is 4.57 Å². The molecule has 0 fully saturated rings. The minimum absolute atomic E-state index is 1.07. The van der Waals surface area contributed by atoms with Crippen molar-refractivity contribution in [3.8, 4) is 27.9 Å². The number of nitrogens with zero attached hydrogens (tertiary/aromatic N) is 2. The van der Waals surface area contributed by atoms with Gasteiger partial charge >= 0.3 is 0 Å². The van der Waals surface area contributed by atoms with Crippen LogP contribution < -0.4 is 4.90 Å². The molecule has 246 valence electrons. The van der Waals surface area contributed by atoms with Gasteiger partial charge in [0.05, 0.1) is 16.7 Å². The second-order valence-electron chi connectivity index (χ2n) is 13.1. The number of rotatable bonds is 6. The van der Waals surface area contributed by atoms with Crippen LogP contribution in [0.3, 0.4) is 0 Å². The normalized spacial score (nSPS) is 11.6. The van der Waals surface area contributed by atoms with Crippen molar-refractivity contribution >= 4 is 86.3 Å². The molecule has 0 N–H and O–H groups in total. The third-order valence-corrected chi connectivity index (χ3v) is 11.8. The largest absolute Gasteiger partial charge is 0.310 e. The zero-order valence-electron chi connectivity index (χ0n) is 28.1.